The van der Waals surface area contributed by atoms with E-state index < -0.39 is 16.0 Å². The molecule has 1 rings (SSSR count). The molecule has 0 fully saturated rings. The molecule has 0 aromatic heterocycles. The maximum atomic E-state index is 11.9. The van der Waals surface area contributed by atoms with Gasteiger partial charge in [0.05, 0.1) is 10.5 Å². The van der Waals surface area contributed by atoms with E-state index in [0.29, 0.717) is 5.56 Å². The van der Waals surface area contributed by atoms with Crippen LogP contribution in [0.3, 0.4) is 0 Å². The number of rotatable bonds is 3. The summed E-state index contributed by atoms with van der Waals surface area (Å²) in [5.41, 5.74) is 0.490. The first-order valence-corrected chi connectivity index (χ1v) is 5.97. The van der Waals surface area contributed by atoms with Crippen LogP contribution in [-0.4, -0.2) is 37.9 Å². The Kier molecular flexibility index (Phi) is 3.35. The number of carbonyl (C=O) groups is 1. The molecule has 1 N–H and O–H groups in total. The van der Waals surface area contributed by atoms with Crippen molar-refractivity contribution in [1.82, 2.24) is 4.31 Å². The number of aryl methyl sites for hydroxylation is 1. The van der Waals surface area contributed by atoms with Crippen LogP contribution in [0.5, 0.6) is 0 Å². The van der Waals surface area contributed by atoms with Crippen molar-refractivity contribution < 1.29 is 18.3 Å². The minimum absolute atomic E-state index is 0.176. The van der Waals surface area contributed by atoms with E-state index in [1.54, 1.807) is 13.0 Å². The summed E-state index contributed by atoms with van der Waals surface area (Å²) >= 11 is 0. The van der Waals surface area contributed by atoms with Crippen molar-refractivity contribution in [1.29, 1.82) is 0 Å². The van der Waals surface area contributed by atoms with Crippen molar-refractivity contribution >= 4 is 16.0 Å². The fraction of sp³-hybridized carbons (Fsp3) is 0.300. The molecule has 0 bridgehead atoms. The molecule has 0 unspecified atom stereocenters. The molecule has 0 saturated carbocycles. The molecule has 0 amide bonds. The zero-order valence-electron chi connectivity index (χ0n) is 9.26. The highest BCUT2D eigenvalue weighted by Crippen LogP contribution is 2.20. The Balaban J connectivity index is 3.54. The summed E-state index contributed by atoms with van der Waals surface area (Å²) < 4.78 is 24.7. The van der Waals surface area contributed by atoms with Gasteiger partial charge in [-0.1, -0.05) is 6.07 Å². The minimum atomic E-state index is -3.72. The molecule has 0 aliphatic rings. The lowest BCUT2D eigenvalue weighted by Crippen LogP contribution is -2.24. The van der Waals surface area contributed by atoms with E-state index in [0.717, 1.165) is 4.31 Å². The van der Waals surface area contributed by atoms with Crippen molar-refractivity contribution in [3.8, 4) is 0 Å². The number of hydrogen-bond acceptors (Lipinski definition) is 3. The number of benzene rings is 1. The van der Waals surface area contributed by atoms with Gasteiger partial charge in [0.15, 0.2) is 0 Å². The Hall–Kier alpha value is -1.40. The molecule has 1 aromatic carbocycles. The predicted molar refractivity (Wildman–Crippen MR) is 59.0 cm³/mol. The topological polar surface area (TPSA) is 74.7 Å². The first-order chi connectivity index (χ1) is 7.26. The number of nitrogens with zero attached hydrogens (tertiary/aromatic N) is 1. The third-order valence-electron chi connectivity index (χ3n) is 2.13. The van der Waals surface area contributed by atoms with Crippen LogP contribution in [0.1, 0.15) is 15.9 Å². The van der Waals surface area contributed by atoms with Gasteiger partial charge in [0, 0.05) is 14.1 Å². The van der Waals surface area contributed by atoms with E-state index >= 15 is 0 Å². The highest BCUT2D eigenvalue weighted by atomic mass is 32.2. The molecule has 88 valence electrons. The highest BCUT2D eigenvalue weighted by molar-refractivity contribution is 7.89. The van der Waals surface area contributed by atoms with E-state index in [9.17, 15) is 13.2 Å². The fourth-order valence-electron chi connectivity index (χ4n) is 1.22. The van der Waals surface area contributed by atoms with Gasteiger partial charge in [0.2, 0.25) is 10.0 Å². The molecule has 5 nitrogen and oxygen atoms in total. The van der Waals surface area contributed by atoms with Crippen molar-refractivity contribution in [2.24, 2.45) is 0 Å². The molecule has 0 radical (unpaired) electrons. The summed E-state index contributed by atoms with van der Waals surface area (Å²) in [5, 5.41) is 8.92. The monoisotopic (exact) mass is 243 g/mol. The molecule has 0 aliphatic carbocycles. The quantitative estimate of drug-likeness (QED) is 0.857. The summed E-state index contributed by atoms with van der Waals surface area (Å²) in [5.74, 6) is -1.25. The smallest absolute Gasteiger partial charge is 0.337 e. The van der Waals surface area contributed by atoms with Crippen LogP contribution in [0.25, 0.3) is 0 Å². The molecule has 0 atom stereocenters. The maximum Gasteiger partial charge on any atom is 0.337 e. The van der Waals surface area contributed by atoms with Gasteiger partial charge in [0.25, 0.3) is 0 Å². The number of aromatic carboxylic acids is 1. The Labute approximate surface area is 94.4 Å². The summed E-state index contributed by atoms with van der Waals surface area (Å²) in [7, 11) is -0.994. The molecular formula is C10H13NO4S. The van der Waals surface area contributed by atoms with E-state index in [-0.39, 0.29) is 10.5 Å². The molecule has 0 saturated heterocycles. The van der Waals surface area contributed by atoms with E-state index in [1.165, 1.54) is 26.2 Å². The Morgan fingerprint density at radius 2 is 1.88 bits per heavy atom. The number of carboxylic acids is 1. The van der Waals surface area contributed by atoms with E-state index in [2.05, 4.69) is 0 Å². The van der Waals surface area contributed by atoms with E-state index in [4.69, 9.17) is 5.11 Å². The summed E-state index contributed by atoms with van der Waals surface area (Å²) in [4.78, 5) is 10.7. The standard InChI is InChI=1S/C10H13NO4S/c1-7-4-5-8(10(12)13)9(6-7)16(14,15)11(2)3/h4-6H,1-3H3,(H,12,13). The predicted octanol–water partition coefficient (Wildman–Crippen LogP) is 0.944. The molecule has 0 heterocycles. The summed E-state index contributed by atoms with van der Waals surface area (Å²) in [6, 6.07) is 4.23. The second-order valence-electron chi connectivity index (χ2n) is 3.59. The summed E-state index contributed by atoms with van der Waals surface area (Å²) in [6.07, 6.45) is 0. The third kappa shape index (κ3) is 2.23. The Bertz CT molecular complexity index is 520. The molecule has 16 heavy (non-hydrogen) atoms. The van der Waals surface area contributed by atoms with Crippen LogP contribution in [0.4, 0.5) is 0 Å². The van der Waals surface area contributed by atoms with Crippen molar-refractivity contribution in [2.75, 3.05) is 14.1 Å². The van der Waals surface area contributed by atoms with Gasteiger partial charge in [-0.15, -0.1) is 0 Å². The van der Waals surface area contributed by atoms with Crippen LogP contribution < -0.4 is 0 Å². The molecular weight excluding hydrogens is 230 g/mol. The second-order valence-corrected chi connectivity index (χ2v) is 5.71. The fourth-order valence-corrected chi connectivity index (χ4v) is 2.38. The largest absolute Gasteiger partial charge is 0.478 e. The third-order valence-corrected chi connectivity index (χ3v) is 3.98. The average molecular weight is 243 g/mol. The van der Waals surface area contributed by atoms with Gasteiger partial charge in [-0.2, -0.15) is 0 Å². The zero-order chi connectivity index (χ0) is 12.5. The van der Waals surface area contributed by atoms with E-state index in [1.807, 2.05) is 0 Å². The Morgan fingerprint density at radius 1 is 1.31 bits per heavy atom. The lowest BCUT2D eigenvalue weighted by Gasteiger charge is -2.13. The van der Waals surface area contributed by atoms with Gasteiger partial charge in [0.1, 0.15) is 0 Å². The van der Waals surface area contributed by atoms with Gasteiger partial charge >= 0.3 is 5.97 Å². The second kappa shape index (κ2) is 4.23. The number of carboxylic acid groups (broad SMARTS) is 1. The van der Waals surface area contributed by atoms with Gasteiger partial charge in [-0.05, 0) is 24.6 Å². The van der Waals surface area contributed by atoms with Crippen LogP contribution in [0, 0.1) is 6.92 Å². The van der Waals surface area contributed by atoms with Crippen LogP contribution in [0.15, 0.2) is 23.1 Å². The molecule has 0 aliphatic heterocycles. The van der Waals surface area contributed by atoms with Gasteiger partial charge < -0.3 is 5.11 Å². The van der Waals surface area contributed by atoms with Crippen molar-refractivity contribution in [3.63, 3.8) is 0 Å². The highest BCUT2D eigenvalue weighted by Gasteiger charge is 2.24. The maximum absolute atomic E-state index is 11.9. The molecule has 6 heteroatoms. The van der Waals surface area contributed by atoms with Crippen LogP contribution >= 0.6 is 0 Å². The lowest BCUT2D eigenvalue weighted by atomic mass is 10.1. The normalized spacial score (nSPS) is 11.8. The van der Waals surface area contributed by atoms with Crippen molar-refractivity contribution in [2.45, 2.75) is 11.8 Å². The SMILES string of the molecule is Cc1ccc(C(=O)O)c(S(=O)(=O)N(C)C)c1. The first-order valence-electron chi connectivity index (χ1n) is 4.53. The first kappa shape index (κ1) is 12.7. The van der Waals surface area contributed by atoms with Crippen LogP contribution in [-0.2, 0) is 10.0 Å². The average Bonchev–Trinajstić information content (AvgIpc) is 2.16. The Morgan fingerprint density at radius 3 is 2.31 bits per heavy atom. The molecule has 1 aromatic rings. The number of hydrogen-bond donors (Lipinski definition) is 1. The zero-order valence-corrected chi connectivity index (χ0v) is 10.1. The summed E-state index contributed by atoms with van der Waals surface area (Å²) in [6.45, 7) is 1.71. The minimum Gasteiger partial charge on any atom is -0.478 e. The van der Waals surface area contributed by atoms with Gasteiger partial charge in [-0.25, -0.2) is 17.5 Å². The van der Waals surface area contributed by atoms with Gasteiger partial charge in [-0.3, -0.25) is 0 Å². The van der Waals surface area contributed by atoms with Crippen LogP contribution in [0.2, 0.25) is 0 Å². The lowest BCUT2D eigenvalue weighted by molar-refractivity contribution is 0.0692. The van der Waals surface area contributed by atoms with Crippen molar-refractivity contribution in [3.05, 3.63) is 29.3 Å². The molecule has 0 spiro atoms. The number of sulfonamides is 1.